The van der Waals surface area contributed by atoms with Gasteiger partial charge in [-0.15, -0.1) is 5.10 Å². The Balaban J connectivity index is 2.20. The molecule has 0 atom stereocenters. The van der Waals surface area contributed by atoms with Crippen LogP contribution in [0.5, 0.6) is 5.75 Å². The van der Waals surface area contributed by atoms with E-state index in [0.717, 1.165) is 0 Å². The molecule has 3 aromatic rings. The van der Waals surface area contributed by atoms with Crippen LogP contribution in [0.15, 0.2) is 48.5 Å². The molecule has 6 heteroatoms. The molecule has 1 aromatic heterocycles. The molecule has 5 nitrogen and oxygen atoms in total. The number of hydrogen-bond acceptors (Lipinski definition) is 4. The van der Waals surface area contributed by atoms with E-state index < -0.39 is 0 Å². The Hall–Kier alpha value is -2.73. The van der Waals surface area contributed by atoms with Crippen molar-refractivity contribution < 1.29 is 14.2 Å². The van der Waals surface area contributed by atoms with Crippen LogP contribution in [0.2, 0.25) is 0 Å². The average molecular weight is 313 g/mol. The fourth-order valence-corrected chi connectivity index (χ4v) is 2.42. The monoisotopic (exact) mass is 313 g/mol. The van der Waals surface area contributed by atoms with E-state index in [0.29, 0.717) is 35.0 Å². The van der Waals surface area contributed by atoms with Crippen molar-refractivity contribution in [1.82, 2.24) is 15.0 Å². The minimum absolute atomic E-state index is 0.289. The molecule has 0 aliphatic carbocycles. The Morgan fingerprint density at radius 3 is 2.74 bits per heavy atom. The molecule has 0 radical (unpaired) electrons. The summed E-state index contributed by atoms with van der Waals surface area (Å²) in [4.78, 5) is 0. The maximum absolute atomic E-state index is 13.6. The number of nitrogens with zero attached hydrogens (tertiary/aromatic N) is 3. The first kappa shape index (κ1) is 15.2. The van der Waals surface area contributed by atoms with E-state index in [-0.39, 0.29) is 12.4 Å². The number of aliphatic hydroxyl groups excluding tert-OH is 1. The smallest absolute Gasteiger partial charge is 0.145 e. The second-order valence-corrected chi connectivity index (χ2v) is 4.87. The fourth-order valence-electron chi connectivity index (χ4n) is 2.42. The topological polar surface area (TPSA) is 60.2 Å². The van der Waals surface area contributed by atoms with Crippen molar-refractivity contribution in [3.8, 4) is 22.7 Å². The predicted molar refractivity (Wildman–Crippen MR) is 83.8 cm³/mol. The van der Waals surface area contributed by atoms with Gasteiger partial charge in [-0.3, -0.25) is 0 Å². The molecule has 1 heterocycles. The third-order valence-corrected chi connectivity index (χ3v) is 3.38. The van der Waals surface area contributed by atoms with Gasteiger partial charge in [0.1, 0.15) is 28.6 Å². The van der Waals surface area contributed by atoms with Crippen molar-refractivity contribution in [2.45, 2.75) is 13.5 Å². The lowest BCUT2D eigenvalue weighted by molar-refractivity contribution is 0.277. The molecule has 0 saturated heterocycles. The molecule has 0 amide bonds. The second kappa shape index (κ2) is 6.58. The maximum atomic E-state index is 13.6. The normalized spacial score (nSPS) is 10.7. The maximum Gasteiger partial charge on any atom is 0.145 e. The van der Waals surface area contributed by atoms with Gasteiger partial charge in [0, 0.05) is 5.56 Å². The highest BCUT2D eigenvalue weighted by molar-refractivity contribution is 5.65. The van der Waals surface area contributed by atoms with Gasteiger partial charge in [-0.1, -0.05) is 29.5 Å². The summed E-state index contributed by atoms with van der Waals surface area (Å²) in [5, 5.41) is 17.7. The number of aromatic nitrogens is 3. The van der Waals surface area contributed by atoms with E-state index in [1.807, 2.05) is 31.2 Å². The first-order valence-electron chi connectivity index (χ1n) is 7.28. The van der Waals surface area contributed by atoms with Gasteiger partial charge in [-0.2, -0.15) is 0 Å². The number of para-hydroxylation sites is 2. The molecule has 3 rings (SSSR count). The van der Waals surface area contributed by atoms with Crippen LogP contribution in [-0.2, 0) is 6.61 Å². The van der Waals surface area contributed by atoms with Gasteiger partial charge in [-0.25, -0.2) is 9.07 Å². The number of rotatable bonds is 5. The SMILES string of the molecule is CCOc1ccccc1-n1nnc(CO)c1-c1cccc(F)c1. The average Bonchev–Trinajstić information content (AvgIpc) is 2.99. The van der Waals surface area contributed by atoms with Crippen molar-refractivity contribution in [2.24, 2.45) is 0 Å². The minimum atomic E-state index is -0.364. The highest BCUT2D eigenvalue weighted by Gasteiger charge is 2.18. The van der Waals surface area contributed by atoms with Crippen molar-refractivity contribution in [3.05, 3.63) is 60.0 Å². The summed E-state index contributed by atoms with van der Waals surface area (Å²) in [6.45, 7) is 2.11. The summed E-state index contributed by atoms with van der Waals surface area (Å²) in [5.74, 6) is 0.277. The van der Waals surface area contributed by atoms with Gasteiger partial charge in [0.05, 0.1) is 13.2 Å². The lowest BCUT2D eigenvalue weighted by Gasteiger charge is -2.12. The molecule has 1 N–H and O–H groups in total. The predicted octanol–water partition coefficient (Wildman–Crippen LogP) is 2.96. The fraction of sp³-hybridized carbons (Fsp3) is 0.176. The molecule has 23 heavy (non-hydrogen) atoms. The molecular weight excluding hydrogens is 297 g/mol. The van der Waals surface area contributed by atoms with Crippen LogP contribution in [0.1, 0.15) is 12.6 Å². The Morgan fingerprint density at radius 1 is 1.17 bits per heavy atom. The molecule has 0 aliphatic rings. The summed E-state index contributed by atoms with van der Waals surface area (Å²) in [6.07, 6.45) is 0. The summed E-state index contributed by atoms with van der Waals surface area (Å²) in [6, 6.07) is 13.5. The van der Waals surface area contributed by atoms with Crippen LogP contribution in [0.4, 0.5) is 4.39 Å². The Labute approximate surface area is 133 Å². The lowest BCUT2D eigenvalue weighted by atomic mass is 10.1. The van der Waals surface area contributed by atoms with E-state index in [4.69, 9.17) is 4.74 Å². The quantitative estimate of drug-likeness (QED) is 0.787. The van der Waals surface area contributed by atoms with E-state index in [1.54, 1.807) is 16.8 Å². The van der Waals surface area contributed by atoms with Gasteiger partial charge in [0.25, 0.3) is 0 Å². The third-order valence-electron chi connectivity index (χ3n) is 3.38. The van der Waals surface area contributed by atoms with Crippen molar-refractivity contribution in [3.63, 3.8) is 0 Å². The van der Waals surface area contributed by atoms with Crippen LogP contribution in [0.3, 0.4) is 0 Å². The minimum Gasteiger partial charge on any atom is -0.492 e. The van der Waals surface area contributed by atoms with Gasteiger partial charge < -0.3 is 9.84 Å². The number of ether oxygens (including phenoxy) is 1. The van der Waals surface area contributed by atoms with E-state index in [1.165, 1.54) is 12.1 Å². The summed E-state index contributed by atoms with van der Waals surface area (Å²) < 4.78 is 20.8. The summed E-state index contributed by atoms with van der Waals surface area (Å²) in [5.41, 5.74) is 2.19. The molecule has 0 bridgehead atoms. The van der Waals surface area contributed by atoms with Crippen molar-refractivity contribution in [1.29, 1.82) is 0 Å². The number of halogens is 1. The molecule has 0 saturated carbocycles. The summed E-state index contributed by atoms with van der Waals surface area (Å²) in [7, 11) is 0. The van der Waals surface area contributed by atoms with Crippen LogP contribution in [0, 0.1) is 5.82 Å². The largest absolute Gasteiger partial charge is 0.492 e. The highest BCUT2D eigenvalue weighted by atomic mass is 19.1. The second-order valence-electron chi connectivity index (χ2n) is 4.87. The molecule has 118 valence electrons. The first-order valence-corrected chi connectivity index (χ1v) is 7.28. The number of aliphatic hydroxyl groups is 1. The van der Waals surface area contributed by atoms with E-state index in [9.17, 15) is 9.50 Å². The molecule has 2 aromatic carbocycles. The van der Waals surface area contributed by atoms with Crippen LogP contribution in [-0.4, -0.2) is 26.7 Å². The van der Waals surface area contributed by atoms with Crippen molar-refractivity contribution in [2.75, 3.05) is 6.61 Å². The zero-order chi connectivity index (χ0) is 16.2. The zero-order valence-electron chi connectivity index (χ0n) is 12.6. The van der Waals surface area contributed by atoms with Crippen LogP contribution < -0.4 is 4.74 Å². The molecular formula is C17H16FN3O2. The van der Waals surface area contributed by atoms with Crippen LogP contribution in [0.25, 0.3) is 16.9 Å². The van der Waals surface area contributed by atoms with Gasteiger partial charge in [-0.05, 0) is 31.2 Å². The summed E-state index contributed by atoms with van der Waals surface area (Å²) >= 11 is 0. The molecule has 0 unspecified atom stereocenters. The Bertz CT molecular complexity index is 817. The highest BCUT2D eigenvalue weighted by Crippen LogP contribution is 2.30. The Morgan fingerprint density at radius 2 is 2.00 bits per heavy atom. The van der Waals surface area contributed by atoms with E-state index >= 15 is 0 Å². The number of benzene rings is 2. The molecule has 0 fully saturated rings. The lowest BCUT2D eigenvalue weighted by Crippen LogP contribution is -2.04. The standard InChI is InChI=1S/C17H16FN3O2/c1-2-23-16-9-4-3-8-15(16)21-17(14(11-22)19-20-21)12-6-5-7-13(18)10-12/h3-10,22H,2,11H2,1H3. The van der Waals surface area contributed by atoms with Crippen molar-refractivity contribution >= 4 is 0 Å². The van der Waals surface area contributed by atoms with Crippen LogP contribution >= 0.6 is 0 Å². The van der Waals surface area contributed by atoms with E-state index in [2.05, 4.69) is 10.3 Å². The van der Waals surface area contributed by atoms with Gasteiger partial charge in [0.15, 0.2) is 0 Å². The third kappa shape index (κ3) is 2.93. The Kier molecular flexibility index (Phi) is 4.34. The number of hydrogen-bond donors (Lipinski definition) is 1. The first-order chi connectivity index (χ1) is 11.2. The molecule has 0 spiro atoms. The molecule has 0 aliphatic heterocycles. The van der Waals surface area contributed by atoms with Gasteiger partial charge >= 0.3 is 0 Å². The van der Waals surface area contributed by atoms with Gasteiger partial charge in [0.2, 0.25) is 0 Å². The zero-order valence-corrected chi connectivity index (χ0v) is 12.6.